The molecule has 3 rings (SSSR count). The summed E-state index contributed by atoms with van der Waals surface area (Å²) in [5.41, 5.74) is 3.32. The van der Waals surface area contributed by atoms with Gasteiger partial charge < -0.3 is 5.11 Å². The Morgan fingerprint density at radius 3 is 2.33 bits per heavy atom. The quantitative estimate of drug-likeness (QED) is 0.796. The van der Waals surface area contributed by atoms with Crippen molar-refractivity contribution in [2.75, 3.05) is 0 Å². The van der Waals surface area contributed by atoms with E-state index in [0.29, 0.717) is 10.7 Å². The maximum absolute atomic E-state index is 11.5. The molecule has 1 N–H and O–H groups in total. The van der Waals surface area contributed by atoms with E-state index in [2.05, 4.69) is 9.97 Å². The van der Waals surface area contributed by atoms with Crippen LogP contribution in [0.5, 0.6) is 0 Å². The Balaban J connectivity index is 2.14. The first-order valence-corrected chi connectivity index (χ1v) is 7.18. The second-order valence-corrected chi connectivity index (χ2v) is 5.60. The van der Waals surface area contributed by atoms with Gasteiger partial charge in [-0.05, 0) is 19.1 Å². The molecule has 0 fully saturated rings. The van der Waals surface area contributed by atoms with Gasteiger partial charge in [0, 0.05) is 23.5 Å². The molecule has 0 bridgehead atoms. The van der Waals surface area contributed by atoms with E-state index >= 15 is 0 Å². The van der Waals surface area contributed by atoms with Crippen molar-refractivity contribution >= 4 is 17.3 Å². The van der Waals surface area contributed by atoms with Crippen LogP contribution in [0.15, 0.2) is 48.8 Å². The zero-order chi connectivity index (χ0) is 14.8. The Hall–Kier alpha value is -2.53. The summed E-state index contributed by atoms with van der Waals surface area (Å²) in [4.78, 5) is 20.2. The monoisotopic (exact) mass is 296 g/mol. The molecule has 0 spiro atoms. The van der Waals surface area contributed by atoms with Gasteiger partial charge in [-0.2, -0.15) is 0 Å². The molecule has 5 heteroatoms. The zero-order valence-corrected chi connectivity index (χ0v) is 12.1. The maximum atomic E-state index is 11.5. The summed E-state index contributed by atoms with van der Waals surface area (Å²) in [5.74, 6) is -0.955. The highest BCUT2D eigenvalue weighted by atomic mass is 32.1. The Morgan fingerprint density at radius 1 is 1.05 bits per heavy atom. The lowest BCUT2D eigenvalue weighted by atomic mass is 10.1. The molecule has 0 atom stereocenters. The highest BCUT2D eigenvalue weighted by molar-refractivity contribution is 7.17. The number of rotatable bonds is 3. The maximum Gasteiger partial charge on any atom is 0.348 e. The standard InChI is InChI=1S/C16H12N2O2S/c1-10-2-4-11(5-3-10)13-14(16(19)20)21-15(18-13)12-6-8-17-9-7-12/h2-9H,1H3,(H,19,20). The van der Waals surface area contributed by atoms with Gasteiger partial charge in [0.05, 0.1) is 5.69 Å². The van der Waals surface area contributed by atoms with Crippen molar-refractivity contribution < 1.29 is 9.90 Å². The van der Waals surface area contributed by atoms with E-state index in [1.54, 1.807) is 12.4 Å². The van der Waals surface area contributed by atoms with Crippen LogP contribution in [-0.2, 0) is 0 Å². The molecule has 2 aromatic heterocycles. The summed E-state index contributed by atoms with van der Waals surface area (Å²) < 4.78 is 0. The third-order valence-electron chi connectivity index (χ3n) is 3.07. The number of aromatic nitrogens is 2. The largest absolute Gasteiger partial charge is 0.477 e. The fraction of sp³-hybridized carbons (Fsp3) is 0.0625. The van der Waals surface area contributed by atoms with Crippen molar-refractivity contribution in [3.63, 3.8) is 0 Å². The predicted molar refractivity (Wildman–Crippen MR) is 82.5 cm³/mol. The lowest BCUT2D eigenvalue weighted by molar-refractivity contribution is 0.0702. The molecule has 1 aromatic carbocycles. The normalized spacial score (nSPS) is 10.5. The van der Waals surface area contributed by atoms with Gasteiger partial charge >= 0.3 is 5.97 Å². The predicted octanol–water partition coefficient (Wildman–Crippen LogP) is 3.88. The van der Waals surface area contributed by atoms with Crippen LogP contribution in [0.1, 0.15) is 15.2 Å². The van der Waals surface area contributed by atoms with Crippen LogP contribution in [-0.4, -0.2) is 21.0 Å². The van der Waals surface area contributed by atoms with E-state index in [1.807, 2.05) is 43.3 Å². The van der Waals surface area contributed by atoms with Crippen LogP contribution in [0.3, 0.4) is 0 Å². The number of benzene rings is 1. The van der Waals surface area contributed by atoms with Gasteiger partial charge in [-0.15, -0.1) is 11.3 Å². The number of aromatic carboxylic acids is 1. The SMILES string of the molecule is Cc1ccc(-c2nc(-c3ccncc3)sc2C(=O)O)cc1. The molecular weight excluding hydrogens is 284 g/mol. The molecule has 0 aliphatic heterocycles. The minimum Gasteiger partial charge on any atom is -0.477 e. The zero-order valence-electron chi connectivity index (χ0n) is 11.3. The molecule has 0 aliphatic carbocycles. The smallest absolute Gasteiger partial charge is 0.348 e. The van der Waals surface area contributed by atoms with Crippen molar-refractivity contribution in [3.05, 3.63) is 59.2 Å². The van der Waals surface area contributed by atoms with Crippen molar-refractivity contribution in [1.29, 1.82) is 0 Å². The van der Waals surface area contributed by atoms with Crippen LogP contribution in [0.25, 0.3) is 21.8 Å². The molecule has 0 saturated heterocycles. The lowest BCUT2D eigenvalue weighted by Gasteiger charge is -1.99. The number of nitrogens with zero attached hydrogens (tertiary/aromatic N) is 2. The van der Waals surface area contributed by atoms with E-state index < -0.39 is 5.97 Å². The van der Waals surface area contributed by atoms with Crippen LogP contribution >= 0.6 is 11.3 Å². The number of carbonyl (C=O) groups is 1. The molecule has 4 nitrogen and oxygen atoms in total. The fourth-order valence-corrected chi connectivity index (χ4v) is 2.92. The lowest BCUT2D eigenvalue weighted by Crippen LogP contribution is -1.95. The second-order valence-electron chi connectivity index (χ2n) is 4.60. The molecule has 0 aliphatic rings. The molecule has 21 heavy (non-hydrogen) atoms. The number of thiazole rings is 1. The number of hydrogen-bond acceptors (Lipinski definition) is 4. The molecule has 0 saturated carbocycles. The highest BCUT2D eigenvalue weighted by Gasteiger charge is 2.19. The molecule has 2 heterocycles. The van der Waals surface area contributed by atoms with E-state index in [-0.39, 0.29) is 4.88 Å². The Morgan fingerprint density at radius 2 is 1.71 bits per heavy atom. The third kappa shape index (κ3) is 2.68. The minimum atomic E-state index is -0.955. The average molecular weight is 296 g/mol. The number of aryl methyl sites for hydroxylation is 1. The van der Waals surface area contributed by atoms with E-state index in [1.165, 1.54) is 11.3 Å². The van der Waals surface area contributed by atoms with Crippen LogP contribution in [0, 0.1) is 6.92 Å². The first-order chi connectivity index (χ1) is 10.1. The van der Waals surface area contributed by atoms with Gasteiger partial charge in [0.25, 0.3) is 0 Å². The summed E-state index contributed by atoms with van der Waals surface area (Å²) in [6.45, 7) is 1.99. The van der Waals surface area contributed by atoms with Gasteiger partial charge in [-0.25, -0.2) is 9.78 Å². The number of carboxylic acid groups (broad SMARTS) is 1. The van der Waals surface area contributed by atoms with Gasteiger partial charge in [-0.3, -0.25) is 4.98 Å². The topological polar surface area (TPSA) is 63.1 Å². The number of hydrogen-bond donors (Lipinski definition) is 1. The highest BCUT2D eigenvalue weighted by Crippen LogP contribution is 2.33. The van der Waals surface area contributed by atoms with Gasteiger partial charge in [0.15, 0.2) is 0 Å². The first-order valence-electron chi connectivity index (χ1n) is 6.36. The van der Waals surface area contributed by atoms with E-state index in [9.17, 15) is 9.90 Å². The van der Waals surface area contributed by atoms with Crippen molar-refractivity contribution in [2.45, 2.75) is 6.92 Å². The van der Waals surface area contributed by atoms with Crippen molar-refractivity contribution in [2.24, 2.45) is 0 Å². The van der Waals surface area contributed by atoms with Crippen molar-refractivity contribution in [3.8, 4) is 21.8 Å². The Labute approximate surface area is 125 Å². The minimum absolute atomic E-state index is 0.255. The van der Waals surface area contributed by atoms with E-state index in [0.717, 1.165) is 16.7 Å². The summed E-state index contributed by atoms with van der Waals surface area (Å²) in [6.07, 6.45) is 3.34. The Bertz CT molecular complexity index is 780. The first kappa shape index (κ1) is 13.5. The van der Waals surface area contributed by atoms with Crippen LogP contribution < -0.4 is 0 Å². The molecule has 0 unspecified atom stereocenters. The van der Waals surface area contributed by atoms with Crippen molar-refractivity contribution in [1.82, 2.24) is 9.97 Å². The van der Waals surface area contributed by atoms with Gasteiger partial charge in [0.2, 0.25) is 0 Å². The van der Waals surface area contributed by atoms with E-state index in [4.69, 9.17) is 0 Å². The summed E-state index contributed by atoms with van der Waals surface area (Å²) in [5, 5.41) is 10.1. The molecule has 3 aromatic rings. The fourth-order valence-electron chi connectivity index (χ4n) is 1.99. The molecule has 104 valence electrons. The third-order valence-corrected chi connectivity index (χ3v) is 4.17. The number of pyridine rings is 1. The van der Waals surface area contributed by atoms with Gasteiger partial charge in [-0.1, -0.05) is 29.8 Å². The number of carboxylic acids is 1. The summed E-state index contributed by atoms with van der Waals surface area (Å²) >= 11 is 1.18. The molecule has 0 amide bonds. The summed E-state index contributed by atoms with van der Waals surface area (Å²) in [7, 11) is 0. The molecule has 0 radical (unpaired) electrons. The second kappa shape index (κ2) is 5.46. The van der Waals surface area contributed by atoms with Crippen LogP contribution in [0.2, 0.25) is 0 Å². The summed E-state index contributed by atoms with van der Waals surface area (Å²) in [6, 6.07) is 11.3. The van der Waals surface area contributed by atoms with Gasteiger partial charge in [0.1, 0.15) is 9.88 Å². The Kier molecular flexibility index (Phi) is 3.50. The molecular formula is C16H12N2O2S. The van der Waals surface area contributed by atoms with Crippen LogP contribution in [0.4, 0.5) is 0 Å². The average Bonchev–Trinajstić information content (AvgIpc) is 2.94.